The first kappa shape index (κ1) is 13.2. The van der Waals surface area contributed by atoms with Crippen LogP contribution in [0, 0.1) is 0 Å². The third-order valence-corrected chi connectivity index (χ3v) is 4.17. The van der Waals surface area contributed by atoms with E-state index in [0.29, 0.717) is 5.75 Å². The third-order valence-electron chi connectivity index (χ3n) is 2.80. The van der Waals surface area contributed by atoms with Crippen molar-refractivity contribution in [2.45, 2.75) is 36.4 Å². The van der Waals surface area contributed by atoms with Crippen molar-refractivity contribution < 1.29 is 9.84 Å². The lowest BCUT2D eigenvalue weighted by Gasteiger charge is -2.14. The molecule has 1 aromatic carbocycles. The Morgan fingerprint density at radius 2 is 2.41 bits per heavy atom. The van der Waals surface area contributed by atoms with E-state index in [-0.39, 0.29) is 12.2 Å². The molecule has 1 aliphatic heterocycles. The van der Waals surface area contributed by atoms with E-state index in [1.165, 1.54) is 0 Å². The number of aliphatic hydroxyl groups is 1. The van der Waals surface area contributed by atoms with Crippen LogP contribution < -0.4 is 0 Å². The van der Waals surface area contributed by atoms with Crippen LogP contribution in [0.5, 0.6) is 0 Å². The van der Waals surface area contributed by atoms with Crippen molar-refractivity contribution in [1.29, 1.82) is 0 Å². The Balaban J connectivity index is 1.73. The molecule has 0 spiro atoms. The first-order valence-electron chi connectivity index (χ1n) is 5.92. The minimum absolute atomic E-state index is 0.255. The molecule has 0 bridgehead atoms. The van der Waals surface area contributed by atoms with E-state index < -0.39 is 0 Å². The molecule has 0 amide bonds. The SMILES string of the molecule is OC(CSc1cccc(Cl)c1)CC1CCCO1. The van der Waals surface area contributed by atoms with Gasteiger partial charge in [0.2, 0.25) is 0 Å². The van der Waals surface area contributed by atoms with Crippen molar-refractivity contribution in [3.8, 4) is 0 Å². The fourth-order valence-electron chi connectivity index (χ4n) is 1.95. The maximum atomic E-state index is 9.91. The molecule has 1 aromatic rings. The Hall–Kier alpha value is -0.220. The molecule has 17 heavy (non-hydrogen) atoms. The van der Waals surface area contributed by atoms with Crippen molar-refractivity contribution in [2.75, 3.05) is 12.4 Å². The highest BCUT2D eigenvalue weighted by Crippen LogP contribution is 2.24. The van der Waals surface area contributed by atoms with E-state index in [9.17, 15) is 5.11 Å². The smallest absolute Gasteiger partial charge is 0.0658 e. The van der Waals surface area contributed by atoms with Gasteiger partial charge in [-0.15, -0.1) is 11.8 Å². The molecule has 0 radical (unpaired) electrons. The van der Waals surface area contributed by atoms with Gasteiger partial charge in [0.1, 0.15) is 0 Å². The van der Waals surface area contributed by atoms with Gasteiger partial charge in [-0.25, -0.2) is 0 Å². The fourth-order valence-corrected chi connectivity index (χ4v) is 3.11. The summed E-state index contributed by atoms with van der Waals surface area (Å²) in [6.45, 7) is 0.846. The molecule has 94 valence electrons. The summed E-state index contributed by atoms with van der Waals surface area (Å²) in [5.74, 6) is 0.695. The lowest BCUT2D eigenvalue weighted by atomic mass is 10.1. The largest absolute Gasteiger partial charge is 0.392 e. The summed E-state index contributed by atoms with van der Waals surface area (Å²) in [5.41, 5.74) is 0. The Morgan fingerprint density at radius 1 is 1.53 bits per heavy atom. The van der Waals surface area contributed by atoms with E-state index >= 15 is 0 Å². The van der Waals surface area contributed by atoms with Gasteiger partial charge in [0, 0.05) is 28.7 Å². The van der Waals surface area contributed by atoms with Gasteiger partial charge in [0.05, 0.1) is 12.2 Å². The number of rotatable bonds is 5. The second kappa shape index (κ2) is 6.64. The van der Waals surface area contributed by atoms with Crippen LogP contribution in [-0.2, 0) is 4.74 Å². The minimum atomic E-state index is -0.304. The molecule has 0 saturated carbocycles. The Labute approximate surface area is 111 Å². The predicted octanol–water partition coefficient (Wildman–Crippen LogP) is 3.36. The zero-order valence-electron chi connectivity index (χ0n) is 9.64. The summed E-state index contributed by atoms with van der Waals surface area (Å²) in [6.07, 6.45) is 2.90. The molecule has 1 N–H and O–H groups in total. The molecule has 4 heteroatoms. The highest BCUT2D eigenvalue weighted by Gasteiger charge is 2.19. The van der Waals surface area contributed by atoms with Crippen molar-refractivity contribution in [2.24, 2.45) is 0 Å². The predicted molar refractivity (Wildman–Crippen MR) is 71.8 cm³/mol. The van der Waals surface area contributed by atoms with E-state index in [1.807, 2.05) is 24.3 Å². The van der Waals surface area contributed by atoms with Gasteiger partial charge in [-0.05, 0) is 31.0 Å². The van der Waals surface area contributed by atoms with Gasteiger partial charge >= 0.3 is 0 Å². The highest BCUT2D eigenvalue weighted by atomic mass is 35.5. The summed E-state index contributed by atoms with van der Waals surface area (Å²) in [5, 5.41) is 10.6. The second-order valence-electron chi connectivity index (χ2n) is 4.29. The van der Waals surface area contributed by atoms with Gasteiger partial charge < -0.3 is 9.84 Å². The minimum Gasteiger partial charge on any atom is -0.392 e. The van der Waals surface area contributed by atoms with Crippen molar-refractivity contribution in [3.05, 3.63) is 29.3 Å². The van der Waals surface area contributed by atoms with Crippen LogP contribution in [-0.4, -0.2) is 29.7 Å². The number of aliphatic hydroxyl groups excluding tert-OH is 1. The van der Waals surface area contributed by atoms with Gasteiger partial charge in [-0.1, -0.05) is 17.7 Å². The number of thioether (sulfide) groups is 1. The van der Waals surface area contributed by atoms with Gasteiger partial charge in [0.25, 0.3) is 0 Å². The monoisotopic (exact) mass is 272 g/mol. The van der Waals surface area contributed by atoms with E-state index in [1.54, 1.807) is 11.8 Å². The van der Waals surface area contributed by atoms with Gasteiger partial charge in [-0.3, -0.25) is 0 Å². The van der Waals surface area contributed by atoms with Crippen molar-refractivity contribution in [3.63, 3.8) is 0 Å². The first-order chi connectivity index (χ1) is 8.24. The Bertz CT molecular complexity index is 353. The van der Waals surface area contributed by atoms with Crippen molar-refractivity contribution >= 4 is 23.4 Å². The average molecular weight is 273 g/mol. The molecule has 2 atom stereocenters. The lowest BCUT2D eigenvalue weighted by molar-refractivity contribution is 0.0621. The first-order valence-corrected chi connectivity index (χ1v) is 7.28. The van der Waals surface area contributed by atoms with Crippen molar-refractivity contribution in [1.82, 2.24) is 0 Å². The number of ether oxygens (including phenoxy) is 1. The van der Waals surface area contributed by atoms with Crippen LogP contribution in [0.3, 0.4) is 0 Å². The van der Waals surface area contributed by atoms with E-state index in [4.69, 9.17) is 16.3 Å². The van der Waals surface area contributed by atoms with Crippen LogP contribution in [0.4, 0.5) is 0 Å². The van der Waals surface area contributed by atoms with Crippen LogP contribution in [0.15, 0.2) is 29.2 Å². The zero-order chi connectivity index (χ0) is 12.1. The van der Waals surface area contributed by atoms with Crippen LogP contribution >= 0.6 is 23.4 Å². The van der Waals surface area contributed by atoms with Crippen LogP contribution in [0.2, 0.25) is 5.02 Å². The molecule has 1 saturated heterocycles. The summed E-state index contributed by atoms with van der Waals surface area (Å²) in [7, 11) is 0. The number of halogens is 1. The Morgan fingerprint density at radius 3 is 3.12 bits per heavy atom. The van der Waals surface area contributed by atoms with Crippen LogP contribution in [0.25, 0.3) is 0 Å². The molecule has 0 aliphatic carbocycles. The summed E-state index contributed by atoms with van der Waals surface area (Å²) < 4.78 is 5.50. The number of benzene rings is 1. The number of hydrogen-bond donors (Lipinski definition) is 1. The summed E-state index contributed by atoms with van der Waals surface area (Å²) >= 11 is 7.54. The van der Waals surface area contributed by atoms with E-state index in [0.717, 1.165) is 35.8 Å². The fraction of sp³-hybridized carbons (Fsp3) is 0.538. The Kier molecular flexibility index (Phi) is 5.16. The normalized spacial score (nSPS) is 21.6. The molecule has 0 aromatic heterocycles. The van der Waals surface area contributed by atoms with Gasteiger partial charge in [0.15, 0.2) is 0 Å². The van der Waals surface area contributed by atoms with Crippen LogP contribution in [0.1, 0.15) is 19.3 Å². The number of hydrogen-bond acceptors (Lipinski definition) is 3. The molecule has 1 aliphatic rings. The third kappa shape index (κ3) is 4.51. The quantitative estimate of drug-likeness (QED) is 0.834. The molecular weight excluding hydrogens is 256 g/mol. The highest BCUT2D eigenvalue weighted by molar-refractivity contribution is 7.99. The summed E-state index contributed by atoms with van der Waals surface area (Å²) in [6, 6.07) is 7.71. The summed E-state index contributed by atoms with van der Waals surface area (Å²) in [4.78, 5) is 1.10. The molecule has 2 nitrogen and oxygen atoms in total. The standard InChI is InChI=1S/C13H17ClO2S/c14-10-3-1-5-13(7-10)17-9-11(15)8-12-4-2-6-16-12/h1,3,5,7,11-12,15H,2,4,6,8-9H2. The zero-order valence-corrected chi connectivity index (χ0v) is 11.2. The molecule has 2 unspecified atom stereocenters. The second-order valence-corrected chi connectivity index (χ2v) is 5.82. The molecule has 1 fully saturated rings. The lowest BCUT2D eigenvalue weighted by Crippen LogP contribution is -2.19. The average Bonchev–Trinajstić information content (AvgIpc) is 2.79. The van der Waals surface area contributed by atoms with E-state index in [2.05, 4.69) is 0 Å². The maximum absolute atomic E-state index is 9.91. The maximum Gasteiger partial charge on any atom is 0.0658 e. The van der Waals surface area contributed by atoms with Gasteiger partial charge in [-0.2, -0.15) is 0 Å². The topological polar surface area (TPSA) is 29.5 Å². The molecule has 1 heterocycles. The molecular formula is C13H17ClO2S. The molecule has 2 rings (SSSR count).